The van der Waals surface area contributed by atoms with E-state index < -0.39 is 11.7 Å². The fraction of sp³-hybridized carbons (Fsp3) is 0.750. The molecule has 1 rings (SSSR count). The van der Waals surface area contributed by atoms with Crippen LogP contribution in [0.3, 0.4) is 0 Å². The van der Waals surface area contributed by atoms with Crippen molar-refractivity contribution in [3.8, 4) is 0 Å². The lowest BCUT2D eigenvalue weighted by molar-refractivity contribution is 0.0491. The van der Waals surface area contributed by atoms with E-state index in [0.717, 1.165) is 5.76 Å². The summed E-state index contributed by atoms with van der Waals surface area (Å²) in [5.74, 6) is 2.26. The third-order valence-corrected chi connectivity index (χ3v) is 3.92. The number of alkyl carbamates (subject to hydrolysis) is 1. The number of halogens is 1. The topological polar surface area (TPSA) is 101 Å². The molecule has 8 nitrogen and oxygen atoms in total. The Morgan fingerprint density at radius 3 is 2.28 bits per heavy atom. The van der Waals surface area contributed by atoms with E-state index in [4.69, 9.17) is 9.15 Å². The third kappa shape index (κ3) is 10.7. The van der Waals surface area contributed by atoms with Crippen molar-refractivity contribution in [2.75, 3.05) is 13.6 Å². The van der Waals surface area contributed by atoms with Gasteiger partial charge in [-0.1, -0.05) is 34.6 Å². The number of hydrogen-bond acceptors (Lipinski definition) is 5. The zero-order valence-electron chi connectivity index (χ0n) is 19.2. The number of hydrogen-bond donors (Lipinski definition) is 3. The van der Waals surface area contributed by atoms with Gasteiger partial charge in [0.2, 0.25) is 5.89 Å². The van der Waals surface area contributed by atoms with E-state index in [9.17, 15) is 4.79 Å². The van der Waals surface area contributed by atoms with Crippen molar-refractivity contribution in [2.45, 2.75) is 79.0 Å². The normalized spacial score (nSPS) is 13.5. The van der Waals surface area contributed by atoms with Crippen molar-refractivity contribution in [1.82, 2.24) is 20.9 Å². The molecule has 0 bridgehead atoms. The fourth-order valence-corrected chi connectivity index (χ4v) is 2.24. The molecule has 9 heteroatoms. The van der Waals surface area contributed by atoms with Crippen molar-refractivity contribution in [1.29, 1.82) is 0 Å². The van der Waals surface area contributed by atoms with Gasteiger partial charge in [-0.05, 0) is 26.7 Å². The average Bonchev–Trinajstić information content (AvgIpc) is 3.01. The monoisotopic (exact) mass is 523 g/mol. The minimum atomic E-state index is -0.529. The largest absolute Gasteiger partial charge is 0.444 e. The first-order valence-electron chi connectivity index (χ1n) is 9.71. The average molecular weight is 523 g/mol. The standard InChI is InChI=1S/C20H37N5O3.HI/c1-13(2)14(25-18(26)28-20(6,7)8)10-23-17(21-9)24-12-16-22-11-15(27-16)19(3,4)5;/h11,13-14H,10,12H2,1-9H3,(H,25,26)(H2,21,23,24);1H. The highest BCUT2D eigenvalue weighted by molar-refractivity contribution is 14.0. The molecule has 0 fully saturated rings. The second-order valence-corrected chi connectivity index (χ2v) is 9.17. The van der Waals surface area contributed by atoms with Crippen molar-refractivity contribution >= 4 is 36.0 Å². The number of aromatic nitrogens is 1. The van der Waals surface area contributed by atoms with Crippen LogP contribution in [-0.4, -0.2) is 42.3 Å². The Morgan fingerprint density at radius 2 is 1.83 bits per heavy atom. The SMILES string of the molecule is CN=C(NCc1ncc(C(C)(C)C)o1)NCC(NC(=O)OC(C)(C)C)C(C)C.I. The maximum absolute atomic E-state index is 12.1. The first-order chi connectivity index (χ1) is 12.8. The molecule has 0 aliphatic carbocycles. The second-order valence-electron chi connectivity index (χ2n) is 9.17. The smallest absolute Gasteiger partial charge is 0.407 e. The number of guanidine groups is 1. The van der Waals surface area contributed by atoms with E-state index in [-0.39, 0.29) is 41.4 Å². The molecule has 0 radical (unpaired) electrons. The first kappa shape index (κ1) is 27.5. The number of aliphatic imine (C=N–C) groups is 1. The summed E-state index contributed by atoms with van der Waals surface area (Å²) in [6.45, 7) is 16.8. The molecule has 1 aromatic heterocycles. The van der Waals surface area contributed by atoms with Gasteiger partial charge in [-0.2, -0.15) is 0 Å². The molecule has 0 aliphatic heterocycles. The summed E-state index contributed by atoms with van der Waals surface area (Å²) in [6, 6.07) is -0.109. The van der Waals surface area contributed by atoms with E-state index in [2.05, 4.69) is 46.7 Å². The van der Waals surface area contributed by atoms with Crippen molar-refractivity contribution in [3.05, 3.63) is 17.8 Å². The number of nitrogens with one attached hydrogen (secondary N) is 3. The molecule has 168 valence electrons. The van der Waals surface area contributed by atoms with Gasteiger partial charge in [0.05, 0.1) is 18.8 Å². The Kier molecular flexibility index (Phi) is 11.0. The number of carbonyl (C=O) groups is 1. The summed E-state index contributed by atoms with van der Waals surface area (Å²) in [4.78, 5) is 20.6. The molecule has 0 saturated heterocycles. The van der Waals surface area contributed by atoms with Crippen molar-refractivity contribution in [2.24, 2.45) is 10.9 Å². The number of oxazole rings is 1. The van der Waals surface area contributed by atoms with Gasteiger partial charge in [-0.15, -0.1) is 24.0 Å². The maximum Gasteiger partial charge on any atom is 0.407 e. The summed E-state index contributed by atoms with van der Waals surface area (Å²) >= 11 is 0. The lowest BCUT2D eigenvalue weighted by atomic mass is 9.94. The molecule has 1 aromatic rings. The molecular formula is C20H38IN5O3. The fourth-order valence-electron chi connectivity index (χ4n) is 2.24. The van der Waals surface area contributed by atoms with Crippen LogP contribution >= 0.6 is 24.0 Å². The summed E-state index contributed by atoms with van der Waals surface area (Å²) < 4.78 is 11.1. The summed E-state index contributed by atoms with van der Waals surface area (Å²) in [7, 11) is 1.69. The van der Waals surface area contributed by atoms with Gasteiger partial charge < -0.3 is 25.1 Å². The van der Waals surface area contributed by atoms with E-state index >= 15 is 0 Å². The highest BCUT2D eigenvalue weighted by atomic mass is 127. The summed E-state index contributed by atoms with van der Waals surface area (Å²) in [5.41, 5.74) is -0.610. The molecule has 0 aromatic carbocycles. The van der Waals surface area contributed by atoms with Crippen LogP contribution in [0.1, 0.15) is 67.0 Å². The minimum absolute atomic E-state index is 0. The minimum Gasteiger partial charge on any atom is -0.444 e. The van der Waals surface area contributed by atoms with Crippen LogP contribution in [0, 0.1) is 5.92 Å². The number of amides is 1. The maximum atomic E-state index is 12.1. The summed E-state index contributed by atoms with van der Waals surface area (Å²) in [6.07, 6.45) is 1.33. The van der Waals surface area contributed by atoms with Gasteiger partial charge in [0.25, 0.3) is 0 Å². The molecule has 0 saturated carbocycles. The molecule has 3 N–H and O–H groups in total. The van der Waals surface area contributed by atoms with Crippen molar-refractivity contribution in [3.63, 3.8) is 0 Å². The molecular weight excluding hydrogens is 485 g/mol. The van der Waals surface area contributed by atoms with Crippen molar-refractivity contribution < 1.29 is 13.9 Å². The highest BCUT2D eigenvalue weighted by Crippen LogP contribution is 2.22. The van der Waals surface area contributed by atoms with E-state index in [1.54, 1.807) is 13.2 Å². The van der Waals surface area contributed by atoms with Crippen LogP contribution < -0.4 is 16.0 Å². The number of carbonyl (C=O) groups excluding carboxylic acids is 1. The molecule has 1 amide bonds. The van der Waals surface area contributed by atoms with Gasteiger partial charge in [0, 0.05) is 19.0 Å². The quantitative estimate of drug-likeness (QED) is 0.298. The zero-order valence-corrected chi connectivity index (χ0v) is 21.5. The lowest BCUT2D eigenvalue weighted by Crippen LogP contribution is -2.50. The molecule has 1 unspecified atom stereocenters. The highest BCUT2D eigenvalue weighted by Gasteiger charge is 2.22. The molecule has 1 atom stereocenters. The predicted molar refractivity (Wildman–Crippen MR) is 127 cm³/mol. The number of ether oxygens (including phenoxy) is 1. The Morgan fingerprint density at radius 1 is 1.21 bits per heavy atom. The molecule has 0 aliphatic rings. The second kappa shape index (κ2) is 11.6. The van der Waals surface area contributed by atoms with Crippen LogP contribution in [0.5, 0.6) is 0 Å². The van der Waals surface area contributed by atoms with Crippen LogP contribution in [0.15, 0.2) is 15.6 Å². The molecule has 29 heavy (non-hydrogen) atoms. The van der Waals surface area contributed by atoms with Crippen LogP contribution in [0.2, 0.25) is 0 Å². The van der Waals surface area contributed by atoms with Gasteiger partial charge in [-0.3, -0.25) is 4.99 Å². The van der Waals surface area contributed by atoms with Crippen LogP contribution in [-0.2, 0) is 16.7 Å². The third-order valence-electron chi connectivity index (χ3n) is 3.92. The predicted octanol–water partition coefficient (Wildman–Crippen LogP) is 3.80. The van der Waals surface area contributed by atoms with Gasteiger partial charge in [0.1, 0.15) is 11.4 Å². The van der Waals surface area contributed by atoms with Gasteiger partial charge >= 0.3 is 6.09 Å². The van der Waals surface area contributed by atoms with E-state index in [1.165, 1.54) is 0 Å². The first-order valence-corrected chi connectivity index (χ1v) is 9.71. The van der Waals surface area contributed by atoms with Crippen LogP contribution in [0.4, 0.5) is 4.79 Å². The van der Waals surface area contributed by atoms with Crippen LogP contribution in [0.25, 0.3) is 0 Å². The number of rotatable bonds is 6. The zero-order chi connectivity index (χ0) is 21.5. The Labute approximate surface area is 192 Å². The van der Waals surface area contributed by atoms with E-state index in [1.807, 2.05) is 34.6 Å². The lowest BCUT2D eigenvalue weighted by Gasteiger charge is -2.26. The summed E-state index contributed by atoms with van der Waals surface area (Å²) in [5, 5.41) is 9.31. The number of nitrogens with zero attached hydrogens (tertiary/aromatic N) is 2. The molecule has 0 spiro atoms. The van der Waals surface area contributed by atoms with Gasteiger partial charge in [0.15, 0.2) is 5.96 Å². The Hall–Kier alpha value is -1.52. The Balaban J connectivity index is 0.00000784. The van der Waals surface area contributed by atoms with Gasteiger partial charge in [-0.25, -0.2) is 9.78 Å². The van der Waals surface area contributed by atoms with E-state index in [0.29, 0.717) is 24.9 Å². The Bertz CT molecular complexity index is 660. The molecule has 1 heterocycles.